The molecule has 1 fully saturated rings. The Bertz CT molecular complexity index is 610. The van der Waals surface area contributed by atoms with Gasteiger partial charge in [-0.15, -0.1) is 0 Å². The van der Waals surface area contributed by atoms with Crippen molar-refractivity contribution in [2.24, 2.45) is 4.99 Å². The Morgan fingerprint density at radius 3 is 2.80 bits per heavy atom. The second-order valence-electron chi connectivity index (χ2n) is 3.68. The Morgan fingerprint density at radius 1 is 1.35 bits per heavy atom. The fourth-order valence-corrected chi connectivity index (χ4v) is 2.27. The average Bonchev–Trinajstić information content (AvgIpc) is 2.79. The predicted octanol–water partition coefficient (Wildman–Crippen LogP) is 1.60. The molecule has 0 bridgehead atoms. The molecule has 0 aromatic heterocycles. The number of nitrogens with one attached hydrogen (secondary N) is 1. The molecule has 1 amide bonds. The molecule has 1 saturated heterocycles. The molecule has 0 aliphatic carbocycles. The first-order valence-electron chi connectivity index (χ1n) is 5.64. The van der Waals surface area contributed by atoms with Crippen molar-refractivity contribution in [3.8, 4) is 5.75 Å². The van der Waals surface area contributed by atoms with E-state index in [1.165, 1.54) is 7.11 Å². The molecule has 0 unspecified atom stereocenters. The minimum atomic E-state index is -0.582. The quantitative estimate of drug-likeness (QED) is 0.676. The number of amides is 1. The van der Waals surface area contributed by atoms with Gasteiger partial charge in [-0.2, -0.15) is 0 Å². The van der Waals surface area contributed by atoms with E-state index in [4.69, 9.17) is 4.74 Å². The van der Waals surface area contributed by atoms with E-state index in [1.807, 2.05) is 12.1 Å². The van der Waals surface area contributed by atoms with Crippen molar-refractivity contribution in [2.45, 2.75) is 0 Å². The molecular formula is C13H12N2O4S. The molecule has 7 heteroatoms. The van der Waals surface area contributed by atoms with Crippen LogP contribution in [0.1, 0.15) is 0 Å². The van der Waals surface area contributed by atoms with Crippen LogP contribution in [-0.4, -0.2) is 31.3 Å². The third-order valence-electron chi connectivity index (χ3n) is 2.41. The monoisotopic (exact) mass is 292 g/mol. The van der Waals surface area contributed by atoms with Crippen LogP contribution in [-0.2, 0) is 14.3 Å². The maximum Gasteiger partial charge on any atom is 0.331 e. The molecule has 0 atom stereocenters. The standard InChI is InChI=1S/C13H12N2O4S/c1-18-9-6-4-3-5-8(9)14-13-15-12(17)10(20-13)7-11(16)19-2/h3-7H,1-2H3,(H,14,15,17). The largest absolute Gasteiger partial charge is 0.494 e. The number of carbonyl (C=O) groups is 2. The number of carbonyl (C=O) groups excluding carboxylic acids is 2. The van der Waals surface area contributed by atoms with Crippen LogP contribution in [0.5, 0.6) is 5.75 Å². The summed E-state index contributed by atoms with van der Waals surface area (Å²) in [5.74, 6) is -0.365. The molecule has 0 radical (unpaired) electrons. The van der Waals surface area contributed by atoms with E-state index in [-0.39, 0.29) is 10.8 Å². The summed E-state index contributed by atoms with van der Waals surface area (Å²) in [6, 6.07) is 7.17. The smallest absolute Gasteiger partial charge is 0.331 e. The summed E-state index contributed by atoms with van der Waals surface area (Å²) >= 11 is 1.07. The summed E-state index contributed by atoms with van der Waals surface area (Å²) in [6.45, 7) is 0. The highest BCUT2D eigenvalue weighted by molar-refractivity contribution is 8.18. The normalized spacial score (nSPS) is 18.2. The molecule has 0 spiro atoms. The van der Waals surface area contributed by atoms with E-state index >= 15 is 0 Å². The number of nitrogens with zero attached hydrogens (tertiary/aromatic N) is 1. The van der Waals surface area contributed by atoms with Crippen molar-refractivity contribution in [1.29, 1.82) is 0 Å². The fourth-order valence-electron chi connectivity index (χ4n) is 1.48. The summed E-state index contributed by atoms with van der Waals surface area (Å²) < 4.78 is 9.66. The summed E-state index contributed by atoms with van der Waals surface area (Å²) in [4.78, 5) is 27.3. The van der Waals surface area contributed by atoms with Gasteiger partial charge >= 0.3 is 5.97 Å². The Hall–Kier alpha value is -2.28. The van der Waals surface area contributed by atoms with Crippen LogP contribution in [0.4, 0.5) is 5.69 Å². The van der Waals surface area contributed by atoms with Crippen LogP contribution in [0.25, 0.3) is 0 Å². The predicted molar refractivity (Wildman–Crippen MR) is 75.9 cm³/mol. The second kappa shape index (κ2) is 6.25. The first-order chi connectivity index (χ1) is 9.63. The number of hydrogen-bond acceptors (Lipinski definition) is 6. The molecule has 6 nitrogen and oxygen atoms in total. The molecule has 1 aliphatic heterocycles. The van der Waals surface area contributed by atoms with Gasteiger partial charge in [-0.1, -0.05) is 12.1 Å². The summed E-state index contributed by atoms with van der Waals surface area (Å²) in [5, 5.41) is 2.96. The van der Waals surface area contributed by atoms with E-state index in [2.05, 4.69) is 15.0 Å². The summed E-state index contributed by atoms with van der Waals surface area (Å²) in [7, 11) is 2.79. The maximum atomic E-state index is 11.7. The minimum absolute atomic E-state index is 0.241. The van der Waals surface area contributed by atoms with Crippen molar-refractivity contribution in [3.63, 3.8) is 0 Å². The van der Waals surface area contributed by atoms with Crippen molar-refractivity contribution >= 4 is 34.5 Å². The molecule has 20 heavy (non-hydrogen) atoms. The fraction of sp³-hybridized carbons (Fsp3) is 0.154. The highest BCUT2D eigenvalue weighted by Gasteiger charge is 2.25. The van der Waals surface area contributed by atoms with Gasteiger partial charge in [0.05, 0.1) is 19.1 Å². The van der Waals surface area contributed by atoms with Gasteiger partial charge in [0.2, 0.25) is 0 Å². The molecule has 0 saturated carbocycles. The molecular weight excluding hydrogens is 280 g/mol. The lowest BCUT2D eigenvalue weighted by molar-refractivity contribution is -0.135. The number of amidine groups is 1. The zero-order chi connectivity index (χ0) is 14.5. The molecule has 1 aromatic carbocycles. The van der Waals surface area contributed by atoms with Crippen molar-refractivity contribution in [1.82, 2.24) is 5.32 Å². The Kier molecular flexibility index (Phi) is 4.41. The van der Waals surface area contributed by atoms with Crippen LogP contribution >= 0.6 is 11.8 Å². The van der Waals surface area contributed by atoms with E-state index in [0.717, 1.165) is 17.8 Å². The van der Waals surface area contributed by atoms with Crippen molar-refractivity contribution in [2.75, 3.05) is 14.2 Å². The molecule has 1 N–H and O–H groups in total. The Balaban J connectivity index is 2.24. The number of thioether (sulfide) groups is 1. The Labute approximate surface area is 119 Å². The van der Waals surface area contributed by atoms with E-state index in [1.54, 1.807) is 19.2 Å². The highest BCUT2D eigenvalue weighted by Crippen LogP contribution is 2.30. The van der Waals surface area contributed by atoms with Gasteiger partial charge in [0.15, 0.2) is 5.17 Å². The first-order valence-corrected chi connectivity index (χ1v) is 6.46. The number of methoxy groups -OCH3 is 2. The Morgan fingerprint density at radius 2 is 2.10 bits per heavy atom. The topological polar surface area (TPSA) is 77.0 Å². The lowest BCUT2D eigenvalue weighted by atomic mass is 10.3. The zero-order valence-corrected chi connectivity index (χ0v) is 11.7. The molecule has 1 heterocycles. The third kappa shape index (κ3) is 3.18. The van der Waals surface area contributed by atoms with E-state index < -0.39 is 5.97 Å². The van der Waals surface area contributed by atoms with Crippen LogP contribution in [0, 0.1) is 0 Å². The molecule has 1 aromatic rings. The minimum Gasteiger partial charge on any atom is -0.494 e. The number of ether oxygens (including phenoxy) is 2. The van der Waals surface area contributed by atoms with Gasteiger partial charge in [-0.05, 0) is 23.9 Å². The highest BCUT2D eigenvalue weighted by atomic mass is 32.2. The van der Waals surface area contributed by atoms with Crippen LogP contribution in [0.15, 0.2) is 40.2 Å². The molecule has 2 rings (SSSR count). The molecule has 104 valence electrons. The lowest BCUT2D eigenvalue weighted by Gasteiger charge is -2.03. The van der Waals surface area contributed by atoms with Gasteiger partial charge in [-0.25, -0.2) is 9.79 Å². The van der Waals surface area contributed by atoms with Crippen molar-refractivity contribution < 1.29 is 19.1 Å². The van der Waals surface area contributed by atoms with Crippen molar-refractivity contribution in [3.05, 3.63) is 35.2 Å². The number of benzene rings is 1. The average molecular weight is 292 g/mol. The third-order valence-corrected chi connectivity index (χ3v) is 3.32. The van der Waals surface area contributed by atoms with Gasteiger partial charge in [0, 0.05) is 6.08 Å². The summed E-state index contributed by atoms with van der Waals surface area (Å²) in [6.07, 6.45) is 1.13. The number of para-hydroxylation sites is 2. The van der Waals surface area contributed by atoms with Crippen LogP contribution in [0.2, 0.25) is 0 Å². The zero-order valence-electron chi connectivity index (χ0n) is 10.9. The van der Waals surface area contributed by atoms with Crippen LogP contribution in [0.3, 0.4) is 0 Å². The number of aliphatic imine (C=N–C) groups is 1. The van der Waals surface area contributed by atoms with E-state index in [9.17, 15) is 9.59 Å². The lowest BCUT2D eigenvalue weighted by Crippen LogP contribution is -2.19. The number of hydrogen-bond donors (Lipinski definition) is 1. The number of rotatable bonds is 3. The van der Waals surface area contributed by atoms with Gasteiger partial charge in [0.1, 0.15) is 11.4 Å². The van der Waals surface area contributed by atoms with Crippen LogP contribution < -0.4 is 10.1 Å². The second-order valence-corrected chi connectivity index (χ2v) is 4.71. The SMILES string of the molecule is COC(=O)C=C1SC(=Nc2ccccc2OC)NC1=O. The maximum absolute atomic E-state index is 11.7. The molecule has 1 aliphatic rings. The van der Waals surface area contributed by atoms with E-state index in [0.29, 0.717) is 16.6 Å². The summed E-state index contributed by atoms with van der Waals surface area (Å²) in [5.41, 5.74) is 0.595. The van der Waals surface area contributed by atoms with Gasteiger partial charge in [0.25, 0.3) is 5.91 Å². The van der Waals surface area contributed by atoms with Gasteiger partial charge in [-0.3, -0.25) is 4.79 Å². The van der Waals surface area contributed by atoms with Gasteiger partial charge < -0.3 is 14.8 Å². The first kappa shape index (κ1) is 14.1. The number of esters is 1.